The van der Waals surface area contributed by atoms with Crippen LogP contribution in [0.1, 0.15) is 0 Å². The number of carboxylic acid groups (broad SMARTS) is 2. The minimum Gasteiger partial charge on any atom is -0.548 e. The van der Waals surface area contributed by atoms with Crippen molar-refractivity contribution in [3.8, 4) is 0 Å². The Morgan fingerprint density at radius 1 is 1.33 bits per heavy atom. The van der Waals surface area contributed by atoms with E-state index in [0.717, 1.165) is 11.8 Å². The van der Waals surface area contributed by atoms with Crippen molar-refractivity contribution in [2.24, 2.45) is 0 Å². The molecule has 68 valence electrons. The second-order valence-electron chi connectivity index (χ2n) is 2.85. The van der Waals surface area contributed by atoms with Gasteiger partial charge in [0.05, 0.1) is 21.9 Å². The van der Waals surface area contributed by atoms with Crippen molar-refractivity contribution >= 4 is 23.7 Å². The van der Waals surface area contributed by atoms with Gasteiger partial charge in [-0.1, -0.05) is 18.2 Å². The molecule has 0 aromatic carbocycles. The molecule has 1 heterocycles. The van der Waals surface area contributed by atoms with Crippen molar-refractivity contribution in [1.82, 2.24) is 0 Å². The van der Waals surface area contributed by atoms with Crippen LogP contribution in [0.4, 0.5) is 0 Å². The second kappa shape index (κ2) is 5.40. The number of thioether (sulfide) groups is 1. The maximum absolute atomic E-state index is 10.7. The minimum absolute atomic E-state index is 0. The largest absolute Gasteiger partial charge is 1.00 e. The molecule has 2 atom stereocenters. The summed E-state index contributed by atoms with van der Waals surface area (Å²) in [5.74, 6) is -2.56. The van der Waals surface area contributed by atoms with Crippen molar-refractivity contribution in [1.29, 1.82) is 0 Å². The van der Waals surface area contributed by atoms with Crippen LogP contribution >= 0.6 is 11.8 Å². The predicted molar refractivity (Wildman–Crippen MR) is 41.3 cm³/mol. The molecule has 0 N–H and O–H groups in total. The molecule has 1 fully saturated rings. The molecule has 0 spiro atoms. The summed E-state index contributed by atoms with van der Waals surface area (Å²) in [6, 6.07) is 0. The minimum atomic E-state index is -1.31. The van der Waals surface area contributed by atoms with Gasteiger partial charge in [0, 0.05) is 0 Å². The van der Waals surface area contributed by atoms with Crippen molar-refractivity contribution in [2.45, 2.75) is 10.00 Å². The van der Waals surface area contributed by atoms with Gasteiger partial charge in [-0.3, -0.25) is 0 Å². The number of carboxylic acids is 2. The molecule has 1 aliphatic carbocycles. The molecule has 4 nitrogen and oxygen atoms in total. The number of hydrogen-bond acceptors (Lipinski definition) is 5. The molecule has 0 bridgehead atoms. The van der Waals surface area contributed by atoms with Gasteiger partial charge >= 0.3 is 59.1 Å². The number of allylic oxidation sites excluding steroid dienone is 2. The fraction of sp³-hybridized carbons (Fsp3) is 0.250. The zero-order valence-electron chi connectivity index (χ0n) is 8.35. The van der Waals surface area contributed by atoms with Crippen molar-refractivity contribution in [3.05, 3.63) is 23.8 Å². The van der Waals surface area contributed by atoms with Crippen LogP contribution in [0.2, 0.25) is 0 Å². The quantitative estimate of drug-likeness (QED) is 0.355. The van der Waals surface area contributed by atoms with Crippen LogP contribution in [0.3, 0.4) is 0 Å². The molecule has 2 rings (SSSR count). The zero-order valence-corrected chi connectivity index (χ0v) is 13.2. The van der Waals surface area contributed by atoms with Crippen molar-refractivity contribution in [2.75, 3.05) is 0 Å². The van der Waals surface area contributed by atoms with E-state index in [-0.39, 0.29) is 64.7 Å². The van der Waals surface area contributed by atoms with Gasteiger partial charge in [-0.25, -0.2) is 0 Å². The van der Waals surface area contributed by atoms with Crippen LogP contribution in [0.5, 0.6) is 0 Å². The molecule has 0 saturated carbocycles. The fourth-order valence-corrected chi connectivity index (χ4v) is 2.54. The predicted octanol–water partition coefficient (Wildman–Crippen LogP) is -8.16. The first-order valence-electron chi connectivity index (χ1n) is 3.58. The monoisotopic (exact) mass is 242 g/mol. The van der Waals surface area contributed by atoms with Gasteiger partial charge in [0.25, 0.3) is 0 Å². The molecule has 2 aliphatic rings. The molecule has 2 unspecified atom stereocenters. The molecule has 15 heavy (non-hydrogen) atoms. The number of rotatable bonds is 2. The van der Waals surface area contributed by atoms with E-state index < -0.39 is 21.9 Å². The summed E-state index contributed by atoms with van der Waals surface area (Å²) in [7, 11) is 0. The second-order valence-corrected chi connectivity index (χ2v) is 4.23. The number of aliphatic carboxylic acids is 2. The maximum atomic E-state index is 10.7. The summed E-state index contributed by atoms with van der Waals surface area (Å²) in [6.45, 7) is 0. The Bertz CT molecular complexity index is 366. The summed E-state index contributed by atoms with van der Waals surface area (Å²) >= 11 is 1.05. The fourth-order valence-electron chi connectivity index (χ4n) is 1.36. The standard InChI is InChI=1S/C8H6O4S.2Na/c9-6(10)4-2-1-3-8(7(11)12)5(4)13-8;;/h1-3,5H,(H,9,10)(H,11,12);;/q;2*+1/p-2. The summed E-state index contributed by atoms with van der Waals surface area (Å²) < 4.78 is -1.15. The van der Waals surface area contributed by atoms with Gasteiger partial charge in [0.15, 0.2) is 0 Å². The van der Waals surface area contributed by atoms with Crippen molar-refractivity contribution < 1.29 is 78.9 Å². The number of carbonyl (C=O) groups excluding carboxylic acids is 2. The van der Waals surface area contributed by atoms with Crippen LogP contribution in [0.25, 0.3) is 0 Å². The Balaban J connectivity index is 0.000000980. The van der Waals surface area contributed by atoms with E-state index in [9.17, 15) is 19.8 Å². The van der Waals surface area contributed by atoms with Gasteiger partial charge in [0.1, 0.15) is 0 Å². The molecule has 0 amide bonds. The Morgan fingerprint density at radius 3 is 2.40 bits per heavy atom. The average Bonchev–Trinajstić information content (AvgIpc) is 2.77. The van der Waals surface area contributed by atoms with Gasteiger partial charge in [-0.2, -0.15) is 0 Å². The van der Waals surface area contributed by atoms with E-state index in [1.165, 1.54) is 18.2 Å². The third kappa shape index (κ3) is 2.54. The Kier molecular flexibility index (Phi) is 5.68. The maximum Gasteiger partial charge on any atom is 1.00 e. The number of carbonyl (C=O) groups is 2. The topological polar surface area (TPSA) is 80.3 Å². The summed E-state index contributed by atoms with van der Waals surface area (Å²) in [6.07, 6.45) is 4.22. The smallest absolute Gasteiger partial charge is 0.548 e. The first kappa shape index (κ1) is 15.8. The average molecular weight is 242 g/mol. The van der Waals surface area contributed by atoms with Gasteiger partial charge in [-0.05, 0) is 5.57 Å². The van der Waals surface area contributed by atoms with Crippen LogP contribution < -0.4 is 69.3 Å². The molecule has 1 aliphatic heterocycles. The summed E-state index contributed by atoms with van der Waals surface area (Å²) in [5, 5.41) is 20.6. The Labute approximate surface area is 135 Å². The molecular formula is C8H4Na2O4S. The van der Waals surface area contributed by atoms with E-state index in [1.54, 1.807) is 0 Å². The van der Waals surface area contributed by atoms with Crippen molar-refractivity contribution in [3.63, 3.8) is 0 Å². The molecule has 0 aromatic heterocycles. The third-order valence-electron chi connectivity index (χ3n) is 2.10. The summed E-state index contributed by atoms with van der Waals surface area (Å²) in [4.78, 5) is 21.2. The molecule has 0 radical (unpaired) electrons. The van der Waals surface area contributed by atoms with E-state index in [1.807, 2.05) is 0 Å². The molecule has 7 heteroatoms. The van der Waals surface area contributed by atoms with Crippen LogP contribution in [0.15, 0.2) is 23.8 Å². The van der Waals surface area contributed by atoms with Crippen LogP contribution in [-0.4, -0.2) is 21.9 Å². The van der Waals surface area contributed by atoms with E-state index in [0.29, 0.717) is 0 Å². The van der Waals surface area contributed by atoms with Gasteiger partial charge < -0.3 is 19.8 Å². The molecule has 1 saturated heterocycles. The SMILES string of the molecule is O=C([O-])C1=CC=CC2(C(=O)[O-])SC12.[Na+].[Na+]. The first-order chi connectivity index (χ1) is 6.08. The molecule has 0 aromatic rings. The third-order valence-corrected chi connectivity index (χ3v) is 3.64. The number of hydrogen-bond donors (Lipinski definition) is 0. The number of fused-ring (bicyclic) bond motifs is 1. The van der Waals surface area contributed by atoms with Gasteiger partial charge in [-0.15, -0.1) is 11.8 Å². The first-order valence-corrected chi connectivity index (χ1v) is 4.46. The Hall–Kier alpha value is 0.770. The Morgan fingerprint density at radius 2 is 1.93 bits per heavy atom. The zero-order chi connectivity index (χ0) is 9.64. The van der Waals surface area contributed by atoms with E-state index in [4.69, 9.17) is 0 Å². The van der Waals surface area contributed by atoms with Gasteiger partial charge in [0.2, 0.25) is 0 Å². The van der Waals surface area contributed by atoms with Crippen LogP contribution in [-0.2, 0) is 9.59 Å². The normalized spacial score (nSPS) is 30.1. The summed E-state index contributed by atoms with van der Waals surface area (Å²) in [5.41, 5.74) is 0.0247. The van der Waals surface area contributed by atoms with E-state index >= 15 is 0 Å². The van der Waals surface area contributed by atoms with Crippen LogP contribution in [0, 0.1) is 0 Å². The molecular weight excluding hydrogens is 238 g/mol. The van der Waals surface area contributed by atoms with E-state index in [2.05, 4.69) is 0 Å².